The molecule has 116 valence electrons. The third-order valence-corrected chi connectivity index (χ3v) is 4.10. The van der Waals surface area contributed by atoms with Gasteiger partial charge in [0.05, 0.1) is 23.0 Å². The maximum absolute atomic E-state index is 6.02. The predicted molar refractivity (Wildman–Crippen MR) is 100 cm³/mol. The fraction of sp³-hybridized carbons (Fsp3) is 0.235. The van der Waals surface area contributed by atoms with Crippen LogP contribution in [0, 0.1) is 10.5 Å². The van der Waals surface area contributed by atoms with E-state index in [4.69, 9.17) is 21.1 Å². The molecular formula is C17H17ClINO2. The fourth-order valence-corrected chi connectivity index (χ4v) is 2.91. The molecule has 2 aromatic rings. The summed E-state index contributed by atoms with van der Waals surface area (Å²) < 4.78 is 12.0. The van der Waals surface area contributed by atoms with Gasteiger partial charge in [-0.15, -0.1) is 0 Å². The predicted octanol–water partition coefficient (Wildman–Crippen LogP) is 5.41. The third-order valence-electron chi connectivity index (χ3n) is 3.06. The maximum atomic E-state index is 6.02. The molecule has 0 aliphatic carbocycles. The van der Waals surface area contributed by atoms with Gasteiger partial charge in [0.1, 0.15) is 0 Å². The van der Waals surface area contributed by atoms with Gasteiger partial charge in [-0.2, -0.15) is 0 Å². The first-order valence-electron chi connectivity index (χ1n) is 6.85. The van der Waals surface area contributed by atoms with Crippen molar-refractivity contribution in [1.82, 2.24) is 0 Å². The number of nitrogens with zero attached hydrogens (tertiary/aromatic N) is 1. The Morgan fingerprint density at radius 3 is 2.73 bits per heavy atom. The van der Waals surface area contributed by atoms with Crippen LogP contribution in [0.15, 0.2) is 35.3 Å². The lowest BCUT2D eigenvalue weighted by Crippen LogP contribution is -1.99. The van der Waals surface area contributed by atoms with Crippen molar-refractivity contribution in [3.05, 3.63) is 50.1 Å². The van der Waals surface area contributed by atoms with Crippen molar-refractivity contribution in [3.63, 3.8) is 0 Å². The van der Waals surface area contributed by atoms with Gasteiger partial charge in [-0.05, 0) is 71.8 Å². The third kappa shape index (κ3) is 4.14. The minimum atomic E-state index is 0.599. The van der Waals surface area contributed by atoms with E-state index in [1.807, 2.05) is 44.2 Å². The van der Waals surface area contributed by atoms with Crippen LogP contribution in [0.2, 0.25) is 5.02 Å². The summed E-state index contributed by atoms with van der Waals surface area (Å²) in [7, 11) is 1.63. The number of hydrogen-bond donors (Lipinski definition) is 0. The Hall–Kier alpha value is -1.27. The van der Waals surface area contributed by atoms with E-state index >= 15 is 0 Å². The Labute approximate surface area is 149 Å². The second kappa shape index (κ2) is 7.83. The first-order chi connectivity index (χ1) is 10.5. The van der Waals surface area contributed by atoms with Gasteiger partial charge in [0.25, 0.3) is 0 Å². The van der Waals surface area contributed by atoms with Crippen LogP contribution < -0.4 is 9.47 Å². The number of aryl methyl sites for hydroxylation is 1. The summed E-state index contributed by atoms with van der Waals surface area (Å²) in [6.45, 7) is 4.56. The molecule has 22 heavy (non-hydrogen) atoms. The highest BCUT2D eigenvalue weighted by molar-refractivity contribution is 14.1. The average molecular weight is 430 g/mol. The summed E-state index contributed by atoms with van der Waals surface area (Å²) in [5.74, 6) is 1.47. The minimum absolute atomic E-state index is 0.599. The van der Waals surface area contributed by atoms with Gasteiger partial charge in [-0.25, -0.2) is 0 Å². The number of hydrogen-bond acceptors (Lipinski definition) is 3. The van der Waals surface area contributed by atoms with Crippen molar-refractivity contribution in [2.75, 3.05) is 13.7 Å². The second-order valence-corrected chi connectivity index (χ2v) is 6.25. The van der Waals surface area contributed by atoms with E-state index in [9.17, 15) is 0 Å². The molecule has 0 aliphatic rings. The largest absolute Gasteiger partial charge is 0.493 e. The number of methoxy groups -OCH3 is 1. The molecule has 0 bridgehead atoms. The van der Waals surface area contributed by atoms with Crippen LogP contribution in [0.25, 0.3) is 0 Å². The molecule has 0 unspecified atom stereocenters. The van der Waals surface area contributed by atoms with Crippen molar-refractivity contribution in [2.45, 2.75) is 13.8 Å². The number of benzene rings is 2. The van der Waals surface area contributed by atoms with Crippen LogP contribution in [-0.2, 0) is 0 Å². The summed E-state index contributed by atoms with van der Waals surface area (Å²) in [6, 6.07) is 9.59. The molecule has 0 fully saturated rings. The van der Waals surface area contributed by atoms with E-state index in [-0.39, 0.29) is 0 Å². The van der Waals surface area contributed by atoms with Gasteiger partial charge in [0.2, 0.25) is 0 Å². The average Bonchev–Trinajstić information content (AvgIpc) is 2.50. The molecule has 3 nitrogen and oxygen atoms in total. The molecule has 0 atom stereocenters. The Morgan fingerprint density at radius 1 is 1.27 bits per heavy atom. The van der Waals surface area contributed by atoms with E-state index in [1.165, 1.54) is 0 Å². The van der Waals surface area contributed by atoms with Gasteiger partial charge < -0.3 is 9.47 Å². The highest BCUT2D eigenvalue weighted by Crippen LogP contribution is 2.33. The monoisotopic (exact) mass is 429 g/mol. The van der Waals surface area contributed by atoms with Crippen LogP contribution in [0.3, 0.4) is 0 Å². The zero-order chi connectivity index (χ0) is 16.1. The molecule has 0 amide bonds. The zero-order valence-corrected chi connectivity index (χ0v) is 15.6. The lowest BCUT2D eigenvalue weighted by Gasteiger charge is -2.12. The molecule has 0 radical (unpaired) electrons. The Balaban J connectivity index is 2.35. The lowest BCUT2D eigenvalue weighted by molar-refractivity contribution is 0.308. The van der Waals surface area contributed by atoms with Crippen LogP contribution in [0.5, 0.6) is 11.5 Å². The van der Waals surface area contributed by atoms with Gasteiger partial charge in [0, 0.05) is 11.2 Å². The number of ether oxygens (including phenoxy) is 2. The highest BCUT2D eigenvalue weighted by Gasteiger charge is 2.10. The quantitative estimate of drug-likeness (QED) is 0.470. The van der Waals surface area contributed by atoms with Crippen molar-refractivity contribution in [1.29, 1.82) is 0 Å². The molecule has 0 saturated heterocycles. The number of halogens is 2. The molecule has 0 N–H and O–H groups in total. The molecule has 0 aromatic heterocycles. The van der Waals surface area contributed by atoms with Crippen LogP contribution in [-0.4, -0.2) is 19.9 Å². The van der Waals surface area contributed by atoms with Crippen molar-refractivity contribution < 1.29 is 9.47 Å². The van der Waals surface area contributed by atoms with Gasteiger partial charge in [-0.1, -0.05) is 17.7 Å². The van der Waals surface area contributed by atoms with E-state index < -0.39 is 0 Å². The van der Waals surface area contributed by atoms with Gasteiger partial charge in [0.15, 0.2) is 11.5 Å². The van der Waals surface area contributed by atoms with E-state index in [1.54, 1.807) is 13.3 Å². The SMILES string of the molecule is CCOc1c(I)cc(C=Nc2cc(Cl)ccc2C)cc1OC. The maximum Gasteiger partial charge on any atom is 0.174 e. The van der Waals surface area contributed by atoms with Gasteiger partial charge >= 0.3 is 0 Å². The molecule has 5 heteroatoms. The van der Waals surface area contributed by atoms with E-state index in [0.29, 0.717) is 17.4 Å². The minimum Gasteiger partial charge on any atom is -0.493 e. The summed E-state index contributed by atoms with van der Waals surface area (Å²) in [5, 5.41) is 0.677. The highest BCUT2D eigenvalue weighted by atomic mass is 127. The van der Waals surface area contributed by atoms with Crippen LogP contribution in [0.4, 0.5) is 5.69 Å². The van der Waals surface area contributed by atoms with Crippen molar-refractivity contribution in [2.24, 2.45) is 4.99 Å². The van der Waals surface area contributed by atoms with Crippen molar-refractivity contribution in [3.8, 4) is 11.5 Å². The zero-order valence-electron chi connectivity index (χ0n) is 12.7. The van der Waals surface area contributed by atoms with Gasteiger partial charge in [-0.3, -0.25) is 4.99 Å². The molecule has 0 heterocycles. The number of rotatable bonds is 5. The van der Waals surface area contributed by atoms with E-state index in [0.717, 1.165) is 26.1 Å². The first kappa shape index (κ1) is 17.1. The first-order valence-corrected chi connectivity index (χ1v) is 8.31. The topological polar surface area (TPSA) is 30.8 Å². The normalized spacial score (nSPS) is 11.0. The Bertz CT molecular complexity index is 701. The molecule has 2 rings (SSSR count). The summed E-state index contributed by atoms with van der Waals surface area (Å²) >= 11 is 8.25. The summed E-state index contributed by atoms with van der Waals surface area (Å²) in [6.07, 6.45) is 1.80. The van der Waals surface area contributed by atoms with E-state index in [2.05, 4.69) is 27.6 Å². The second-order valence-electron chi connectivity index (χ2n) is 4.66. The molecule has 2 aromatic carbocycles. The lowest BCUT2D eigenvalue weighted by atomic mass is 10.2. The molecule has 0 saturated carbocycles. The Kier molecular flexibility index (Phi) is 6.08. The van der Waals surface area contributed by atoms with Crippen LogP contribution >= 0.6 is 34.2 Å². The number of aliphatic imine (C=N–C) groups is 1. The molecule has 0 spiro atoms. The van der Waals surface area contributed by atoms with Crippen molar-refractivity contribution >= 4 is 46.1 Å². The smallest absolute Gasteiger partial charge is 0.174 e. The fourth-order valence-electron chi connectivity index (χ4n) is 1.96. The van der Waals surface area contributed by atoms with Crippen LogP contribution in [0.1, 0.15) is 18.1 Å². The molecule has 0 aliphatic heterocycles. The molecular weight excluding hydrogens is 413 g/mol. The Morgan fingerprint density at radius 2 is 2.05 bits per heavy atom. The summed E-state index contributed by atoms with van der Waals surface area (Å²) in [5.41, 5.74) is 2.88. The summed E-state index contributed by atoms with van der Waals surface area (Å²) in [4.78, 5) is 4.52. The standard InChI is InChI=1S/C17H17ClINO2/c1-4-22-17-14(19)7-12(8-16(17)21-3)10-20-15-9-13(18)6-5-11(15)2/h5-10H,4H2,1-3H3.